The van der Waals surface area contributed by atoms with Crippen LogP contribution >= 0.6 is 22.6 Å². The lowest BCUT2D eigenvalue weighted by atomic mass is 10.4. The van der Waals surface area contributed by atoms with Crippen LogP contribution < -0.4 is 0 Å². The van der Waals surface area contributed by atoms with Crippen molar-refractivity contribution in [3.05, 3.63) is 22.0 Å². The Bertz CT molecular complexity index is 355. The number of halogens is 1. The summed E-state index contributed by atoms with van der Waals surface area (Å²) in [6, 6.07) is 1.99. The highest BCUT2D eigenvalue weighted by atomic mass is 127. The van der Waals surface area contributed by atoms with Crippen molar-refractivity contribution in [1.29, 1.82) is 0 Å². The standard InChI is InChI=1S/C6H4IN3/c7-5-3-9-10-6-4(5)1-2-8-6/h1-3H,(H,8,10). The summed E-state index contributed by atoms with van der Waals surface area (Å²) in [4.78, 5) is 2.98. The molecule has 4 heteroatoms. The van der Waals surface area contributed by atoms with Crippen molar-refractivity contribution in [3.8, 4) is 0 Å². The van der Waals surface area contributed by atoms with Crippen molar-refractivity contribution in [3.63, 3.8) is 0 Å². The van der Waals surface area contributed by atoms with Gasteiger partial charge in [0.25, 0.3) is 0 Å². The molecule has 50 valence electrons. The minimum absolute atomic E-state index is 0.854. The first-order valence-electron chi connectivity index (χ1n) is 2.82. The second-order valence-electron chi connectivity index (χ2n) is 1.93. The van der Waals surface area contributed by atoms with Gasteiger partial charge in [0.15, 0.2) is 5.65 Å². The van der Waals surface area contributed by atoms with Crippen LogP contribution in [0.1, 0.15) is 0 Å². The molecule has 0 amide bonds. The number of fused-ring (bicyclic) bond motifs is 1. The number of rotatable bonds is 0. The van der Waals surface area contributed by atoms with E-state index in [1.54, 1.807) is 6.20 Å². The number of nitrogens with zero attached hydrogens (tertiary/aromatic N) is 2. The van der Waals surface area contributed by atoms with Gasteiger partial charge in [-0.2, -0.15) is 5.10 Å². The summed E-state index contributed by atoms with van der Waals surface area (Å²) in [6.45, 7) is 0. The summed E-state index contributed by atoms with van der Waals surface area (Å²) in [7, 11) is 0. The molecule has 2 aromatic rings. The van der Waals surface area contributed by atoms with E-state index in [-0.39, 0.29) is 0 Å². The molecule has 0 atom stereocenters. The molecule has 0 aliphatic heterocycles. The third kappa shape index (κ3) is 0.792. The maximum Gasteiger partial charge on any atom is 0.161 e. The largest absolute Gasteiger partial charge is 0.345 e. The third-order valence-corrected chi connectivity index (χ3v) is 2.17. The zero-order valence-corrected chi connectivity index (χ0v) is 7.16. The van der Waals surface area contributed by atoms with Crippen LogP contribution in [0.5, 0.6) is 0 Å². The zero-order chi connectivity index (χ0) is 6.97. The van der Waals surface area contributed by atoms with Crippen LogP contribution in [0.4, 0.5) is 0 Å². The highest BCUT2D eigenvalue weighted by Gasteiger charge is 1.97. The molecule has 0 fully saturated rings. The predicted molar refractivity (Wildman–Crippen MR) is 46.6 cm³/mol. The molecule has 2 aromatic heterocycles. The first kappa shape index (κ1) is 6.09. The molecule has 2 heterocycles. The summed E-state index contributed by atoms with van der Waals surface area (Å²) in [5.74, 6) is 0. The van der Waals surface area contributed by atoms with Gasteiger partial charge in [-0.3, -0.25) is 0 Å². The Balaban J connectivity index is 2.95. The number of hydrogen-bond donors (Lipinski definition) is 1. The van der Waals surface area contributed by atoms with Crippen LogP contribution in [-0.2, 0) is 0 Å². The van der Waals surface area contributed by atoms with Crippen LogP contribution in [0.25, 0.3) is 11.0 Å². The lowest BCUT2D eigenvalue weighted by Gasteiger charge is -1.88. The Labute approximate surface area is 71.0 Å². The molecule has 0 radical (unpaired) electrons. The van der Waals surface area contributed by atoms with E-state index in [0.717, 1.165) is 14.6 Å². The van der Waals surface area contributed by atoms with E-state index in [9.17, 15) is 0 Å². The Hall–Kier alpha value is -0.650. The molecule has 0 aromatic carbocycles. The van der Waals surface area contributed by atoms with E-state index < -0.39 is 0 Å². The van der Waals surface area contributed by atoms with E-state index in [1.165, 1.54) is 0 Å². The predicted octanol–water partition coefficient (Wildman–Crippen LogP) is 1.56. The summed E-state index contributed by atoms with van der Waals surface area (Å²) < 4.78 is 1.13. The van der Waals surface area contributed by atoms with Gasteiger partial charge in [-0.05, 0) is 28.7 Å². The van der Waals surface area contributed by atoms with Gasteiger partial charge in [0.1, 0.15) is 0 Å². The van der Waals surface area contributed by atoms with Gasteiger partial charge in [0.2, 0.25) is 0 Å². The molecule has 0 bridgehead atoms. The maximum absolute atomic E-state index is 3.89. The fraction of sp³-hybridized carbons (Fsp3) is 0. The Kier molecular flexibility index (Phi) is 1.33. The Morgan fingerprint density at radius 2 is 2.40 bits per heavy atom. The average molecular weight is 245 g/mol. The van der Waals surface area contributed by atoms with E-state index in [1.807, 2.05) is 12.3 Å². The van der Waals surface area contributed by atoms with Gasteiger partial charge < -0.3 is 4.98 Å². The van der Waals surface area contributed by atoms with E-state index in [4.69, 9.17) is 0 Å². The molecule has 0 saturated heterocycles. The first-order chi connectivity index (χ1) is 4.88. The second kappa shape index (κ2) is 2.19. The highest BCUT2D eigenvalue weighted by Crippen LogP contribution is 2.14. The normalized spacial score (nSPS) is 10.5. The van der Waals surface area contributed by atoms with Crippen molar-refractivity contribution in [1.82, 2.24) is 15.2 Å². The summed E-state index contributed by atoms with van der Waals surface area (Å²) in [6.07, 6.45) is 3.61. The minimum Gasteiger partial charge on any atom is -0.345 e. The van der Waals surface area contributed by atoms with Crippen molar-refractivity contribution in [2.45, 2.75) is 0 Å². The molecular formula is C6H4IN3. The van der Waals surface area contributed by atoms with Gasteiger partial charge in [0, 0.05) is 15.2 Å². The number of hydrogen-bond acceptors (Lipinski definition) is 2. The zero-order valence-electron chi connectivity index (χ0n) is 5.00. The lowest BCUT2D eigenvalue weighted by Crippen LogP contribution is -1.82. The van der Waals surface area contributed by atoms with Crippen molar-refractivity contribution in [2.24, 2.45) is 0 Å². The molecular weight excluding hydrogens is 241 g/mol. The lowest BCUT2D eigenvalue weighted by molar-refractivity contribution is 1.05. The fourth-order valence-electron chi connectivity index (χ4n) is 0.843. The monoisotopic (exact) mass is 245 g/mol. The molecule has 0 aliphatic carbocycles. The van der Waals surface area contributed by atoms with Crippen LogP contribution in [0, 0.1) is 3.57 Å². The molecule has 10 heavy (non-hydrogen) atoms. The number of aromatic nitrogens is 3. The molecule has 0 saturated carbocycles. The van der Waals surface area contributed by atoms with Gasteiger partial charge in [-0.1, -0.05) is 0 Å². The minimum atomic E-state index is 0.854. The third-order valence-electron chi connectivity index (χ3n) is 1.31. The van der Waals surface area contributed by atoms with Gasteiger partial charge >= 0.3 is 0 Å². The van der Waals surface area contributed by atoms with Gasteiger partial charge in [0.05, 0.1) is 6.20 Å². The smallest absolute Gasteiger partial charge is 0.161 e. The summed E-state index contributed by atoms with van der Waals surface area (Å²) in [5, 5.41) is 8.82. The highest BCUT2D eigenvalue weighted by molar-refractivity contribution is 14.1. The quantitative estimate of drug-likeness (QED) is 0.715. The van der Waals surface area contributed by atoms with Crippen LogP contribution in [0.3, 0.4) is 0 Å². The van der Waals surface area contributed by atoms with Gasteiger partial charge in [-0.25, -0.2) is 0 Å². The number of aromatic amines is 1. The molecule has 0 spiro atoms. The molecule has 3 nitrogen and oxygen atoms in total. The van der Waals surface area contributed by atoms with Crippen molar-refractivity contribution < 1.29 is 0 Å². The van der Waals surface area contributed by atoms with E-state index >= 15 is 0 Å². The van der Waals surface area contributed by atoms with Crippen molar-refractivity contribution >= 4 is 33.6 Å². The topological polar surface area (TPSA) is 41.6 Å². The SMILES string of the molecule is Ic1cnnc2[nH]ccc12. The fourth-order valence-corrected chi connectivity index (χ4v) is 1.40. The van der Waals surface area contributed by atoms with Gasteiger partial charge in [-0.15, -0.1) is 5.10 Å². The average Bonchev–Trinajstić information content (AvgIpc) is 2.36. The number of nitrogens with one attached hydrogen (secondary N) is 1. The summed E-state index contributed by atoms with van der Waals surface area (Å²) in [5.41, 5.74) is 0.854. The van der Waals surface area contributed by atoms with Crippen molar-refractivity contribution in [2.75, 3.05) is 0 Å². The Morgan fingerprint density at radius 3 is 3.20 bits per heavy atom. The maximum atomic E-state index is 3.89. The van der Waals surface area contributed by atoms with Crippen LogP contribution in [-0.4, -0.2) is 15.2 Å². The molecule has 0 aliphatic rings. The van der Waals surface area contributed by atoms with Crippen LogP contribution in [0.15, 0.2) is 18.5 Å². The molecule has 1 N–H and O–H groups in total. The van der Waals surface area contributed by atoms with Crippen LogP contribution in [0.2, 0.25) is 0 Å². The second-order valence-corrected chi connectivity index (χ2v) is 3.09. The number of H-pyrrole nitrogens is 1. The first-order valence-corrected chi connectivity index (χ1v) is 3.90. The molecule has 0 unspecified atom stereocenters. The van der Waals surface area contributed by atoms with E-state index in [2.05, 4.69) is 37.8 Å². The van der Waals surface area contributed by atoms with E-state index in [0.29, 0.717) is 0 Å². The Morgan fingerprint density at radius 1 is 1.50 bits per heavy atom. The molecule has 2 rings (SSSR count). The summed E-state index contributed by atoms with van der Waals surface area (Å²) >= 11 is 2.23.